The van der Waals surface area contributed by atoms with Crippen LogP contribution in [-0.2, 0) is 25.7 Å². The first kappa shape index (κ1) is 26.4. The van der Waals surface area contributed by atoms with Crippen LogP contribution in [0.15, 0.2) is 35.9 Å². The van der Waals surface area contributed by atoms with E-state index in [1.54, 1.807) is 7.11 Å². The first-order valence-electron chi connectivity index (χ1n) is 11.3. The van der Waals surface area contributed by atoms with Crippen molar-refractivity contribution < 1.29 is 29.0 Å². The first-order valence-corrected chi connectivity index (χ1v) is 11.3. The third kappa shape index (κ3) is 8.88. The Hall–Kier alpha value is -2.87. The van der Waals surface area contributed by atoms with Crippen molar-refractivity contribution in [1.29, 1.82) is 0 Å². The van der Waals surface area contributed by atoms with E-state index in [-0.39, 0.29) is 30.3 Å². The minimum Gasteiger partial charge on any atom is -0.497 e. The maximum Gasteiger partial charge on any atom is 0.329 e. The van der Waals surface area contributed by atoms with E-state index in [2.05, 4.69) is 30.6 Å². The van der Waals surface area contributed by atoms with Gasteiger partial charge in [0, 0.05) is 19.5 Å². The Kier molecular flexibility index (Phi) is 10.4. The molecule has 1 aliphatic carbocycles. The van der Waals surface area contributed by atoms with Crippen LogP contribution in [0.25, 0.3) is 0 Å². The molecule has 0 radical (unpaired) electrons. The lowest BCUT2D eigenvalue weighted by Gasteiger charge is -2.37. The number of allylic oxidation sites excluding steroid dienone is 1. The summed E-state index contributed by atoms with van der Waals surface area (Å²) in [7, 11) is 1.62. The van der Waals surface area contributed by atoms with Gasteiger partial charge < -0.3 is 25.2 Å². The van der Waals surface area contributed by atoms with Gasteiger partial charge >= 0.3 is 5.97 Å². The number of hydrogen-bond acceptors (Lipinski definition) is 5. The zero-order chi connectivity index (χ0) is 24.4. The van der Waals surface area contributed by atoms with E-state index in [0.29, 0.717) is 31.3 Å². The predicted molar refractivity (Wildman–Crippen MR) is 125 cm³/mol. The number of amides is 2. The van der Waals surface area contributed by atoms with Crippen LogP contribution in [0.3, 0.4) is 0 Å². The highest BCUT2D eigenvalue weighted by Gasteiger charge is 2.32. The van der Waals surface area contributed by atoms with Crippen molar-refractivity contribution in [1.82, 2.24) is 10.6 Å². The van der Waals surface area contributed by atoms with Gasteiger partial charge in [0.2, 0.25) is 11.8 Å². The Bertz CT molecular complexity index is 834. The van der Waals surface area contributed by atoms with Gasteiger partial charge in [0.1, 0.15) is 19.0 Å². The molecule has 0 heterocycles. The van der Waals surface area contributed by atoms with E-state index in [9.17, 15) is 14.4 Å². The van der Waals surface area contributed by atoms with Crippen LogP contribution in [-0.4, -0.2) is 49.8 Å². The number of rotatable bonds is 12. The molecular weight excluding hydrogens is 424 g/mol. The molecule has 33 heavy (non-hydrogen) atoms. The molecule has 2 rings (SSSR count). The lowest BCUT2D eigenvalue weighted by molar-refractivity contribution is -0.143. The average Bonchev–Trinajstić information content (AvgIpc) is 2.77. The van der Waals surface area contributed by atoms with Crippen LogP contribution in [0.1, 0.15) is 39.2 Å². The number of ether oxygens (including phenoxy) is 2. The third-order valence-corrected chi connectivity index (χ3v) is 6.16. The molecule has 3 N–H and O–H groups in total. The van der Waals surface area contributed by atoms with Gasteiger partial charge in [0.25, 0.3) is 0 Å². The Labute approximate surface area is 195 Å². The molecule has 0 aromatic heterocycles. The monoisotopic (exact) mass is 460 g/mol. The van der Waals surface area contributed by atoms with Gasteiger partial charge in [-0.3, -0.25) is 9.59 Å². The summed E-state index contributed by atoms with van der Waals surface area (Å²) in [6, 6.07) is 7.62. The van der Waals surface area contributed by atoms with Crippen molar-refractivity contribution >= 4 is 17.8 Å². The quantitative estimate of drug-likeness (QED) is 0.413. The van der Waals surface area contributed by atoms with Gasteiger partial charge in [-0.05, 0) is 54.7 Å². The van der Waals surface area contributed by atoms with Gasteiger partial charge in [-0.25, -0.2) is 4.79 Å². The minimum atomic E-state index is -1.10. The van der Waals surface area contributed by atoms with Gasteiger partial charge in [0.05, 0.1) is 7.11 Å². The molecule has 3 atom stereocenters. The number of hydrogen-bond donors (Lipinski definition) is 3. The molecule has 0 aliphatic heterocycles. The van der Waals surface area contributed by atoms with Crippen LogP contribution in [0.4, 0.5) is 0 Å². The van der Waals surface area contributed by atoms with Gasteiger partial charge in [-0.15, -0.1) is 0 Å². The number of carbonyl (C=O) groups excluding carboxylic acids is 2. The van der Waals surface area contributed by atoms with Crippen LogP contribution < -0.4 is 15.4 Å². The molecule has 182 valence electrons. The summed E-state index contributed by atoms with van der Waals surface area (Å²) in [5, 5.41) is 14.4. The molecule has 0 fully saturated rings. The number of benzene rings is 1. The van der Waals surface area contributed by atoms with Crippen molar-refractivity contribution in [2.45, 2.75) is 40.2 Å². The highest BCUT2D eigenvalue weighted by molar-refractivity contribution is 5.78. The van der Waals surface area contributed by atoms with E-state index in [0.717, 1.165) is 23.3 Å². The van der Waals surface area contributed by atoms with Crippen LogP contribution >= 0.6 is 0 Å². The lowest BCUT2D eigenvalue weighted by atomic mass is 9.69. The number of carboxylic acids is 1. The molecule has 0 saturated heterocycles. The predicted octanol–water partition coefficient (Wildman–Crippen LogP) is 2.77. The third-order valence-electron chi connectivity index (χ3n) is 6.16. The lowest BCUT2D eigenvalue weighted by Crippen LogP contribution is -2.39. The van der Waals surface area contributed by atoms with E-state index >= 15 is 0 Å². The van der Waals surface area contributed by atoms with Crippen molar-refractivity contribution in [2.75, 3.05) is 26.9 Å². The fourth-order valence-corrected chi connectivity index (χ4v) is 4.26. The molecular formula is C25H36N2O6. The summed E-state index contributed by atoms with van der Waals surface area (Å²) in [4.78, 5) is 35.0. The Morgan fingerprint density at radius 3 is 2.39 bits per heavy atom. The second-order valence-corrected chi connectivity index (χ2v) is 8.93. The van der Waals surface area contributed by atoms with Gasteiger partial charge in [0.15, 0.2) is 0 Å². The molecule has 1 aliphatic rings. The number of carboxylic acid groups (broad SMARTS) is 1. The Morgan fingerprint density at radius 1 is 1.09 bits per heavy atom. The van der Waals surface area contributed by atoms with Crippen molar-refractivity contribution in [3.8, 4) is 5.75 Å². The molecule has 2 amide bonds. The molecule has 1 aromatic rings. The fraction of sp³-hybridized carbons (Fsp3) is 0.560. The molecule has 0 bridgehead atoms. The second kappa shape index (κ2) is 13.0. The fourth-order valence-electron chi connectivity index (χ4n) is 4.26. The highest BCUT2D eigenvalue weighted by atomic mass is 16.5. The minimum absolute atomic E-state index is 0.0217. The zero-order valence-electron chi connectivity index (χ0n) is 19.9. The number of nitrogens with one attached hydrogen (secondary N) is 2. The highest BCUT2D eigenvalue weighted by Crippen LogP contribution is 2.38. The maximum atomic E-state index is 12.6. The van der Waals surface area contributed by atoms with Gasteiger partial charge in [-0.1, -0.05) is 37.6 Å². The number of aliphatic carboxylic acids is 1. The van der Waals surface area contributed by atoms with E-state index in [1.165, 1.54) is 0 Å². The first-order chi connectivity index (χ1) is 15.7. The van der Waals surface area contributed by atoms with Crippen molar-refractivity contribution in [3.63, 3.8) is 0 Å². The van der Waals surface area contributed by atoms with Crippen LogP contribution in [0.2, 0.25) is 0 Å². The maximum absolute atomic E-state index is 12.6. The summed E-state index contributed by atoms with van der Waals surface area (Å²) < 4.78 is 10.00. The van der Waals surface area contributed by atoms with E-state index < -0.39 is 12.6 Å². The summed E-state index contributed by atoms with van der Waals surface area (Å²) >= 11 is 0. The largest absolute Gasteiger partial charge is 0.497 e. The standard InChI is InChI=1S/C25H36N2O6/c1-16(2)22-10-19(11-23(28)26-12-18-5-7-21(32-4)8-6-18)17(3)9-20(22)13-27-24(29)14-33-15-25(30)31/h5-9,16,19-20,22H,10-15H2,1-4H3,(H,26,28)(H,27,29)(H,30,31). The average molecular weight is 461 g/mol. The molecule has 8 nitrogen and oxygen atoms in total. The topological polar surface area (TPSA) is 114 Å². The second-order valence-electron chi connectivity index (χ2n) is 8.93. The zero-order valence-corrected chi connectivity index (χ0v) is 19.9. The van der Waals surface area contributed by atoms with E-state index in [4.69, 9.17) is 14.6 Å². The molecule has 0 spiro atoms. The summed E-state index contributed by atoms with van der Waals surface area (Å²) in [5.74, 6) is 0.418. The van der Waals surface area contributed by atoms with Gasteiger partial charge in [-0.2, -0.15) is 0 Å². The number of methoxy groups -OCH3 is 1. The summed E-state index contributed by atoms with van der Waals surface area (Å²) in [6.07, 6.45) is 3.49. The summed E-state index contributed by atoms with van der Waals surface area (Å²) in [5.41, 5.74) is 2.18. The smallest absolute Gasteiger partial charge is 0.329 e. The van der Waals surface area contributed by atoms with Crippen LogP contribution in [0.5, 0.6) is 5.75 Å². The van der Waals surface area contributed by atoms with E-state index in [1.807, 2.05) is 31.2 Å². The molecule has 1 aromatic carbocycles. The molecule has 0 saturated carbocycles. The van der Waals surface area contributed by atoms with Crippen molar-refractivity contribution in [3.05, 3.63) is 41.5 Å². The normalized spacial score (nSPS) is 20.2. The SMILES string of the molecule is COc1ccc(CNC(=O)CC2CC(C(C)C)C(CNC(=O)COCC(=O)O)C=C2C)cc1. The van der Waals surface area contributed by atoms with Crippen LogP contribution in [0, 0.1) is 23.7 Å². The van der Waals surface area contributed by atoms with Crippen molar-refractivity contribution in [2.24, 2.45) is 23.7 Å². The molecule has 3 unspecified atom stereocenters. The number of carbonyl (C=O) groups is 3. The summed E-state index contributed by atoms with van der Waals surface area (Å²) in [6.45, 7) is 6.53. The molecule has 8 heteroatoms. The Balaban J connectivity index is 1.88. The Morgan fingerprint density at radius 2 is 1.79 bits per heavy atom.